The summed E-state index contributed by atoms with van der Waals surface area (Å²) < 4.78 is 4.86. The van der Waals surface area contributed by atoms with E-state index in [1.807, 2.05) is 0 Å². The SMILES string of the molecule is COC(=O)c1c(NC(=O)C=CC(=O)O)sc2c1CCCCCC2. The summed E-state index contributed by atoms with van der Waals surface area (Å²) in [5, 5.41) is 11.6. The van der Waals surface area contributed by atoms with Crippen LogP contribution in [0.3, 0.4) is 0 Å². The highest BCUT2D eigenvalue weighted by Gasteiger charge is 2.25. The number of hydrogen-bond acceptors (Lipinski definition) is 5. The van der Waals surface area contributed by atoms with E-state index in [1.54, 1.807) is 0 Å². The van der Waals surface area contributed by atoms with Crippen molar-refractivity contribution in [2.45, 2.75) is 38.5 Å². The highest BCUT2D eigenvalue weighted by Crippen LogP contribution is 2.37. The lowest BCUT2D eigenvalue weighted by atomic mass is 9.96. The van der Waals surface area contributed by atoms with Crippen LogP contribution in [0.4, 0.5) is 5.00 Å². The van der Waals surface area contributed by atoms with Crippen LogP contribution in [0.15, 0.2) is 12.2 Å². The summed E-state index contributed by atoms with van der Waals surface area (Å²) in [6.45, 7) is 0. The van der Waals surface area contributed by atoms with Gasteiger partial charge in [-0.1, -0.05) is 12.8 Å². The first-order chi connectivity index (χ1) is 11.0. The van der Waals surface area contributed by atoms with Gasteiger partial charge in [-0.05, 0) is 31.2 Å². The van der Waals surface area contributed by atoms with E-state index in [0.717, 1.165) is 61.1 Å². The topological polar surface area (TPSA) is 92.7 Å². The van der Waals surface area contributed by atoms with E-state index in [-0.39, 0.29) is 0 Å². The maximum atomic E-state index is 12.1. The van der Waals surface area contributed by atoms with Gasteiger partial charge in [-0.15, -0.1) is 11.3 Å². The molecular weight excluding hydrogens is 318 g/mol. The molecule has 124 valence electrons. The molecule has 0 spiro atoms. The molecular formula is C16H19NO5S. The van der Waals surface area contributed by atoms with E-state index in [0.29, 0.717) is 10.6 Å². The minimum Gasteiger partial charge on any atom is -0.478 e. The minimum atomic E-state index is -1.20. The summed E-state index contributed by atoms with van der Waals surface area (Å²) in [6.07, 6.45) is 7.70. The highest BCUT2D eigenvalue weighted by molar-refractivity contribution is 7.17. The number of rotatable bonds is 4. The fourth-order valence-corrected chi connectivity index (χ4v) is 3.91. The largest absolute Gasteiger partial charge is 0.478 e. The van der Waals surface area contributed by atoms with Gasteiger partial charge in [-0.25, -0.2) is 9.59 Å². The molecule has 0 unspecified atom stereocenters. The number of hydrogen-bond donors (Lipinski definition) is 2. The maximum absolute atomic E-state index is 12.1. The van der Waals surface area contributed by atoms with E-state index < -0.39 is 17.8 Å². The van der Waals surface area contributed by atoms with Crippen molar-refractivity contribution in [1.29, 1.82) is 0 Å². The van der Waals surface area contributed by atoms with Crippen molar-refractivity contribution in [1.82, 2.24) is 0 Å². The second-order valence-corrected chi connectivity index (χ2v) is 6.38. The number of ether oxygens (including phenoxy) is 1. The Morgan fingerprint density at radius 3 is 2.48 bits per heavy atom. The van der Waals surface area contributed by atoms with E-state index in [1.165, 1.54) is 18.4 Å². The molecule has 1 aromatic heterocycles. The molecule has 7 heteroatoms. The van der Waals surface area contributed by atoms with Gasteiger partial charge < -0.3 is 15.2 Å². The molecule has 0 fully saturated rings. The molecule has 0 aliphatic heterocycles. The minimum absolute atomic E-state index is 0.409. The zero-order chi connectivity index (χ0) is 16.8. The van der Waals surface area contributed by atoms with Gasteiger partial charge in [0.15, 0.2) is 0 Å². The molecule has 1 aliphatic carbocycles. The van der Waals surface area contributed by atoms with Crippen LogP contribution in [0.1, 0.15) is 46.5 Å². The van der Waals surface area contributed by atoms with Crippen LogP contribution >= 0.6 is 11.3 Å². The van der Waals surface area contributed by atoms with Gasteiger partial charge in [0.25, 0.3) is 0 Å². The fourth-order valence-electron chi connectivity index (χ4n) is 2.63. The molecule has 23 heavy (non-hydrogen) atoms. The van der Waals surface area contributed by atoms with Crippen LogP contribution in [0.5, 0.6) is 0 Å². The molecule has 2 N–H and O–H groups in total. The average molecular weight is 337 g/mol. The number of esters is 1. The van der Waals surface area contributed by atoms with E-state index >= 15 is 0 Å². The molecule has 2 rings (SSSR count). The van der Waals surface area contributed by atoms with Gasteiger partial charge in [0.05, 0.1) is 12.7 Å². The van der Waals surface area contributed by atoms with Gasteiger partial charge in [-0.2, -0.15) is 0 Å². The average Bonchev–Trinajstić information content (AvgIpc) is 2.81. The highest BCUT2D eigenvalue weighted by atomic mass is 32.1. The number of fused-ring (bicyclic) bond motifs is 1. The Kier molecular flexibility index (Phi) is 5.92. The number of methoxy groups -OCH3 is 1. The van der Waals surface area contributed by atoms with E-state index in [2.05, 4.69) is 5.32 Å². The Labute approximate surface area is 138 Å². The second-order valence-electron chi connectivity index (χ2n) is 5.27. The first kappa shape index (κ1) is 17.2. The van der Waals surface area contributed by atoms with Crippen molar-refractivity contribution < 1.29 is 24.2 Å². The first-order valence-corrected chi connectivity index (χ1v) is 8.29. The van der Waals surface area contributed by atoms with Gasteiger partial charge in [0, 0.05) is 17.0 Å². The van der Waals surface area contributed by atoms with Crippen molar-refractivity contribution in [2.75, 3.05) is 12.4 Å². The Balaban J connectivity index is 2.33. The summed E-state index contributed by atoms with van der Waals surface area (Å²) >= 11 is 1.38. The van der Waals surface area contributed by atoms with Crippen LogP contribution in [-0.4, -0.2) is 30.1 Å². The summed E-state index contributed by atoms with van der Waals surface area (Å²) in [5.74, 6) is -2.25. The van der Waals surface area contributed by atoms with Gasteiger partial charge >= 0.3 is 11.9 Å². The molecule has 0 atom stereocenters. The smallest absolute Gasteiger partial charge is 0.341 e. The predicted molar refractivity (Wildman–Crippen MR) is 86.9 cm³/mol. The number of carbonyl (C=O) groups excluding carboxylic acids is 2. The Bertz CT molecular complexity index is 647. The molecule has 0 saturated carbocycles. The Hall–Kier alpha value is -2.15. The quantitative estimate of drug-likeness (QED) is 0.651. The lowest BCUT2D eigenvalue weighted by Gasteiger charge is -2.10. The van der Waals surface area contributed by atoms with Crippen molar-refractivity contribution in [3.05, 3.63) is 28.2 Å². The second kappa shape index (κ2) is 7.92. The third-order valence-corrected chi connectivity index (χ3v) is 4.88. The Morgan fingerprint density at radius 2 is 1.83 bits per heavy atom. The molecule has 1 amide bonds. The molecule has 0 bridgehead atoms. The van der Waals surface area contributed by atoms with Crippen molar-refractivity contribution in [3.63, 3.8) is 0 Å². The number of aryl methyl sites for hydroxylation is 1. The number of anilines is 1. The molecule has 0 radical (unpaired) electrons. The summed E-state index contributed by atoms with van der Waals surface area (Å²) in [6, 6.07) is 0. The number of carboxylic acid groups (broad SMARTS) is 1. The van der Waals surface area contributed by atoms with Crippen molar-refractivity contribution in [3.8, 4) is 0 Å². The number of aliphatic carboxylic acids is 1. The van der Waals surface area contributed by atoms with Crippen LogP contribution in [0, 0.1) is 0 Å². The monoisotopic (exact) mass is 337 g/mol. The van der Waals surface area contributed by atoms with E-state index in [9.17, 15) is 14.4 Å². The van der Waals surface area contributed by atoms with Crippen LogP contribution in [-0.2, 0) is 27.2 Å². The number of carbonyl (C=O) groups is 3. The molecule has 1 aliphatic rings. The number of carboxylic acids is 1. The molecule has 1 heterocycles. The normalized spacial score (nSPS) is 14.7. The number of nitrogens with one attached hydrogen (secondary N) is 1. The molecule has 1 aromatic rings. The van der Waals surface area contributed by atoms with Crippen LogP contribution in [0.25, 0.3) is 0 Å². The zero-order valence-corrected chi connectivity index (χ0v) is 13.7. The van der Waals surface area contributed by atoms with Crippen molar-refractivity contribution in [2.24, 2.45) is 0 Å². The Morgan fingerprint density at radius 1 is 1.13 bits per heavy atom. The number of thiophene rings is 1. The standard InChI is InChI=1S/C16H19NO5S/c1-22-16(21)14-10-6-4-2-3-5-7-11(10)23-15(14)17-12(18)8-9-13(19)20/h8-9H,2-7H2,1H3,(H,17,18)(H,19,20). The molecule has 0 aromatic carbocycles. The lowest BCUT2D eigenvalue weighted by Crippen LogP contribution is -2.13. The maximum Gasteiger partial charge on any atom is 0.341 e. The molecule has 0 saturated heterocycles. The first-order valence-electron chi connectivity index (χ1n) is 7.47. The summed E-state index contributed by atoms with van der Waals surface area (Å²) in [4.78, 5) is 35.5. The van der Waals surface area contributed by atoms with Crippen LogP contribution < -0.4 is 5.32 Å². The van der Waals surface area contributed by atoms with Crippen molar-refractivity contribution >= 4 is 34.2 Å². The predicted octanol–water partition coefficient (Wildman–Crippen LogP) is 2.77. The van der Waals surface area contributed by atoms with E-state index in [4.69, 9.17) is 9.84 Å². The summed E-state index contributed by atoms with van der Waals surface area (Å²) in [7, 11) is 1.31. The zero-order valence-electron chi connectivity index (χ0n) is 12.9. The lowest BCUT2D eigenvalue weighted by molar-refractivity contribution is -0.131. The summed E-state index contributed by atoms with van der Waals surface area (Å²) in [5.41, 5.74) is 1.37. The van der Waals surface area contributed by atoms with Gasteiger partial charge in [0.2, 0.25) is 5.91 Å². The van der Waals surface area contributed by atoms with Gasteiger partial charge in [-0.3, -0.25) is 4.79 Å². The fraction of sp³-hybridized carbons (Fsp3) is 0.438. The third-order valence-electron chi connectivity index (χ3n) is 3.67. The third kappa shape index (κ3) is 4.41. The number of amides is 1. The molecule has 6 nitrogen and oxygen atoms in total. The van der Waals surface area contributed by atoms with Gasteiger partial charge in [0.1, 0.15) is 5.00 Å². The van der Waals surface area contributed by atoms with Crippen LogP contribution in [0.2, 0.25) is 0 Å².